The average Bonchev–Trinajstić information content (AvgIpc) is 2.74. The minimum absolute atomic E-state index is 0.0399. The van der Waals surface area contributed by atoms with Gasteiger partial charge < -0.3 is 10.4 Å². The van der Waals surface area contributed by atoms with Crippen LogP contribution in [0.3, 0.4) is 0 Å². The molecule has 1 heterocycles. The molecule has 1 saturated carbocycles. The van der Waals surface area contributed by atoms with Crippen LogP contribution in [0, 0.1) is 5.41 Å². The summed E-state index contributed by atoms with van der Waals surface area (Å²) in [6.07, 6.45) is 3.87. The lowest BCUT2D eigenvalue weighted by Gasteiger charge is -2.39. The maximum absolute atomic E-state index is 12.0. The second kappa shape index (κ2) is 5.06. The van der Waals surface area contributed by atoms with Gasteiger partial charge in [-0.05, 0) is 19.3 Å². The number of amides is 1. The molecule has 0 radical (unpaired) electrons. The van der Waals surface area contributed by atoms with Gasteiger partial charge in [0.1, 0.15) is 5.01 Å². The lowest BCUT2D eigenvalue weighted by Crippen LogP contribution is -2.44. The van der Waals surface area contributed by atoms with Gasteiger partial charge in [0.2, 0.25) is 5.91 Å². The highest BCUT2D eigenvalue weighted by atomic mass is 32.1. The Morgan fingerprint density at radius 2 is 2.28 bits per heavy atom. The normalized spacial score (nSPS) is 16.9. The summed E-state index contributed by atoms with van der Waals surface area (Å²) in [5.41, 5.74) is -0.148. The zero-order valence-corrected chi connectivity index (χ0v) is 11.0. The van der Waals surface area contributed by atoms with Crippen molar-refractivity contribution in [2.24, 2.45) is 5.41 Å². The van der Waals surface area contributed by atoms with E-state index in [1.807, 2.05) is 6.92 Å². The number of nitrogens with zero attached hydrogens (tertiary/aromatic N) is 1. The van der Waals surface area contributed by atoms with E-state index in [-0.39, 0.29) is 17.0 Å². The number of aromatic carboxylic acids is 1. The van der Waals surface area contributed by atoms with Crippen LogP contribution < -0.4 is 5.32 Å². The van der Waals surface area contributed by atoms with Gasteiger partial charge in [0, 0.05) is 10.8 Å². The first-order valence-corrected chi connectivity index (χ1v) is 6.91. The fourth-order valence-electron chi connectivity index (χ4n) is 2.18. The Bertz CT molecular complexity index is 460. The number of nitrogens with one attached hydrogen (secondary N) is 1. The third-order valence-electron chi connectivity index (χ3n) is 3.64. The SMILES string of the molecule is CCC1(C(=O)NCc2nc(C(=O)O)cs2)CCC1. The van der Waals surface area contributed by atoms with Crippen LogP contribution in [0.5, 0.6) is 0 Å². The van der Waals surface area contributed by atoms with Crippen molar-refractivity contribution in [3.63, 3.8) is 0 Å². The molecule has 0 saturated heterocycles. The molecular formula is C12H16N2O3S. The summed E-state index contributed by atoms with van der Waals surface area (Å²) in [4.78, 5) is 26.6. The number of rotatable bonds is 5. The maximum atomic E-state index is 12.0. The van der Waals surface area contributed by atoms with Gasteiger partial charge in [-0.2, -0.15) is 0 Å². The van der Waals surface area contributed by atoms with Crippen LogP contribution in [-0.2, 0) is 11.3 Å². The molecule has 1 aliphatic rings. The summed E-state index contributed by atoms with van der Waals surface area (Å²) in [5, 5.41) is 13.7. The Kier molecular flexibility index (Phi) is 3.65. The van der Waals surface area contributed by atoms with Gasteiger partial charge in [0.15, 0.2) is 5.69 Å². The third-order valence-corrected chi connectivity index (χ3v) is 4.49. The Balaban J connectivity index is 1.91. The minimum atomic E-state index is -1.03. The summed E-state index contributed by atoms with van der Waals surface area (Å²) in [5.74, 6) is -0.962. The van der Waals surface area contributed by atoms with Crippen molar-refractivity contribution in [1.82, 2.24) is 10.3 Å². The van der Waals surface area contributed by atoms with E-state index in [0.717, 1.165) is 25.7 Å². The van der Waals surface area contributed by atoms with E-state index >= 15 is 0 Å². The van der Waals surface area contributed by atoms with E-state index in [0.29, 0.717) is 11.6 Å². The zero-order valence-electron chi connectivity index (χ0n) is 10.2. The predicted molar refractivity (Wildman–Crippen MR) is 67.5 cm³/mol. The van der Waals surface area contributed by atoms with E-state index in [1.165, 1.54) is 16.7 Å². The van der Waals surface area contributed by atoms with Gasteiger partial charge in [-0.3, -0.25) is 4.79 Å². The molecule has 1 fully saturated rings. The highest BCUT2D eigenvalue weighted by Crippen LogP contribution is 2.43. The molecule has 0 spiro atoms. The van der Waals surface area contributed by atoms with Crippen LogP contribution in [0.25, 0.3) is 0 Å². The highest BCUT2D eigenvalue weighted by molar-refractivity contribution is 7.09. The van der Waals surface area contributed by atoms with Crippen LogP contribution in [0.1, 0.15) is 48.1 Å². The zero-order chi connectivity index (χ0) is 13.2. The van der Waals surface area contributed by atoms with Crippen molar-refractivity contribution in [2.45, 2.75) is 39.2 Å². The second-order valence-corrected chi connectivity index (χ2v) is 5.54. The van der Waals surface area contributed by atoms with Crippen LogP contribution in [0.2, 0.25) is 0 Å². The van der Waals surface area contributed by atoms with Gasteiger partial charge in [-0.1, -0.05) is 13.3 Å². The molecule has 0 aliphatic heterocycles. The fraction of sp³-hybridized carbons (Fsp3) is 0.583. The third kappa shape index (κ3) is 2.38. The Morgan fingerprint density at radius 3 is 2.72 bits per heavy atom. The van der Waals surface area contributed by atoms with Gasteiger partial charge in [-0.25, -0.2) is 9.78 Å². The number of carboxylic acids is 1. The molecule has 5 nitrogen and oxygen atoms in total. The van der Waals surface area contributed by atoms with Gasteiger partial charge >= 0.3 is 5.97 Å². The lowest BCUT2D eigenvalue weighted by molar-refractivity contribution is -0.136. The molecular weight excluding hydrogens is 252 g/mol. The number of carbonyl (C=O) groups excluding carboxylic acids is 1. The lowest BCUT2D eigenvalue weighted by atomic mass is 9.66. The first-order valence-electron chi connectivity index (χ1n) is 6.03. The van der Waals surface area contributed by atoms with Crippen molar-refractivity contribution >= 4 is 23.2 Å². The van der Waals surface area contributed by atoms with E-state index in [2.05, 4.69) is 10.3 Å². The summed E-state index contributed by atoms with van der Waals surface area (Å²) >= 11 is 1.26. The van der Waals surface area contributed by atoms with Gasteiger partial charge in [0.25, 0.3) is 0 Å². The molecule has 2 N–H and O–H groups in total. The number of aromatic nitrogens is 1. The molecule has 98 valence electrons. The van der Waals surface area contributed by atoms with Gasteiger partial charge in [-0.15, -0.1) is 11.3 Å². The number of carbonyl (C=O) groups is 2. The van der Waals surface area contributed by atoms with E-state index in [9.17, 15) is 9.59 Å². The number of hydrogen-bond acceptors (Lipinski definition) is 4. The molecule has 1 aliphatic carbocycles. The first-order chi connectivity index (χ1) is 8.57. The first kappa shape index (κ1) is 13.0. The van der Waals surface area contributed by atoms with Crippen molar-refractivity contribution in [2.75, 3.05) is 0 Å². The van der Waals surface area contributed by atoms with E-state index in [1.54, 1.807) is 0 Å². The summed E-state index contributed by atoms with van der Waals surface area (Å²) < 4.78 is 0. The van der Waals surface area contributed by atoms with Gasteiger partial charge in [0.05, 0.1) is 6.54 Å². The smallest absolute Gasteiger partial charge is 0.355 e. The summed E-state index contributed by atoms with van der Waals surface area (Å²) in [6, 6.07) is 0. The topological polar surface area (TPSA) is 79.3 Å². The molecule has 0 bridgehead atoms. The van der Waals surface area contributed by atoms with Crippen LogP contribution >= 0.6 is 11.3 Å². The van der Waals surface area contributed by atoms with E-state index in [4.69, 9.17) is 5.11 Å². The van der Waals surface area contributed by atoms with Crippen molar-refractivity contribution in [3.8, 4) is 0 Å². The average molecular weight is 268 g/mol. The van der Waals surface area contributed by atoms with Crippen LogP contribution in [-0.4, -0.2) is 22.0 Å². The molecule has 18 heavy (non-hydrogen) atoms. The summed E-state index contributed by atoms with van der Waals surface area (Å²) in [6.45, 7) is 2.35. The highest BCUT2D eigenvalue weighted by Gasteiger charge is 2.42. The molecule has 1 amide bonds. The largest absolute Gasteiger partial charge is 0.476 e. The number of carboxylic acid groups (broad SMARTS) is 1. The fourth-order valence-corrected chi connectivity index (χ4v) is 2.89. The molecule has 1 aromatic heterocycles. The number of thiazole rings is 1. The number of hydrogen-bond donors (Lipinski definition) is 2. The van der Waals surface area contributed by atoms with Crippen LogP contribution in [0.15, 0.2) is 5.38 Å². The van der Waals surface area contributed by atoms with E-state index < -0.39 is 5.97 Å². The Hall–Kier alpha value is -1.43. The Labute approximate surface area is 109 Å². The second-order valence-electron chi connectivity index (χ2n) is 4.60. The molecule has 2 rings (SSSR count). The maximum Gasteiger partial charge on any atom is 0.355 e. The molecule has 6 heteroatoms. The molecule has 0 unspecified atom stereocenters. The predicted octanol–water partition coefficient (Wildman–Crippen LogP) is 2.04. The van der Waals surface area contributed by atoms with Crippen LogP contribution in [0.4, 0.5) is 0 Å². The van der Waals surface area contributed by atoms with Crippen molar-refractivity contribution in [1.29, 1.82) is 0 Å². The standard InChI is InChI=1S/C12H16N2O3S/c1-2-12(4-3-5-12)11(17)13-6-9-14-8(7-18-9)10(15)16/h7H,2-6H2,1H3,(H,13,17)(H,15,16). The molecule has 0 atom stereocenters. The minimum Gasteiger partial charge on any atom is -0.476 e. The monoisotopic (exact) mass is 268 g/mol. The molecule has 1 aromatic rings. The molecule has 0 aromatic carbocycles. The van der Waals surface area contributed by atoms with Crippen molar-refractivity contribution in [3.05, 3.63) is 16.1 Å². The summed E-state index contributed by atoms with van der Waals surface area (Å²) in [7, 11) is 0. The van der Waals surface area contributed by atoms with Crippen molar-refractivity contribution < 1.29 is 14.7 Å². The Morgan fingerprint density at radius 1 is 1.56 bits per heavy atom. The quantitative estimate of drug-likeness (QED) is 0.856.